The van der Waals surface area contributed by atoms with Gasteiger partial charge in [0, 0.05) is 0 Å². The van der Waals surface area contributed by atoms with Gasteiger partial charge in [-0.15, -0.1) is 0 Å². The number of piperidine rings is 1. The van der Waals surface area contributed by atoms with Gasteiger partial charge in [-0.05, 0) is 11.8 Å². The summed E-state index contributed by atoms with van der Waals surface area (Å²) >= 11 is 0.596. The fourth-order valence-electron chi connectivity index (χ4n) is 1.97. The van der Waals surface area contributed by atoms with Crippen molar-refractivity contribution < 1.29 is 30.0 Å². The molecule has 16 heavy (non-hydrogen) atoms. The Morgan fingerprint density at radius 2 is 1.75 bits per heavy atom. The molecule has 4 N–H and O–H groups in total. The van der Waals surface area contributed by atoms with Crippen LogP contribution >= 0.6 is 11.8 Å². The molecule has 0 radical (unpaired) electrons. The summed E-state index contributed by atoms with van der Waals surface area (Å²) in [6.07, 6.45) is -4.35. The maximum Gasteiger partial charge on any atom is 0.302 e. The molecule has 0 aromatic rings. The number of rotatable bonds is 1. The molecule has 2 aliphatic heterocycles. The minimum atomic E-state index is -1.48. The molecule has 0 saturated carbocycles. The van der Waals surface area contributed by atoms with E-state index in [1.54, 1.807) is 0 Å². The monoisotopic (exact) mass is 249 g/mol. The molecule has 2 saturated heterocycles. The van der Waals surface area contributed by atoms with E-state index < -0.39 is 47.4 Å². The van der Waals surface area contributed by atoms with Crippen LogP contribution in [0.2, 0.25) is 0 Å². The lowest BCUT2D eigenvalue weighted by atomic mass is 9.94. The smallest absolute Gasteiger partial charge is 0.302 e. The lowest BCUT2D eigenvalue weighted by Crippen LogP contribution is -2.65. The number of hydrogen-bond acceptors (Lipinski definition) is 7. The van der Waals surface area contributed by atoms with Crippen molar-refractivity contribution in [1.82, 2.24) is 4.90 Å². The molecule has 0 aromatic heterocycles. The van der Waals surface area contributed by atoms with Crippen molar-refractivity contribution in [2.45, 2.75) is 29.7 Å². The molecular formula is C8H11NO6S. The summed E-state index contributed by atoms with van der Waals surface area (Å²) in [7, 11) is 0. The average molecular weight is 249 g/mol. The van der Waals surface area contributed by atoms with Gasteiger partial charge in [-0.3, -0.25) is 9.59 Å². The van der Waals surface area contributed by atoms with Crippen LogP contribution < -0.4 is 0 Å². The number of hydrogen-bond donors (Lipinski definition) is 4. The maximum atomic E-state index is 11.4. The van der Waals surface area contributed by atoms with Gasteiger partial charge in [-0.1, -0.05) is 0 Å². The number of nitrogens with zero attached hydrogens (tertiary/aromatic N) is 1. The zero-order valence-corrected chi connectivity index (χ0v) is 8.87. The molecule has 1 amide bonds. The van der Waals surface area contributed by atoms with E-state index in [0.717, 1.165) is 4.90 Å². The molecule has 2 heterocycles. The van der Waals surface area contributed by atoms with Crippen LogP contribution in [0.5, 0.6) is 0 Å². The Labute approximate surface area is 94.7 Å². The molecule has 0 bridgehead atoms. The standard InChI is InChI=1S/C8H11NO6S/c10-1-2-3(11)4(12)5(13)7-9(2)6(14)8(15)16-7/h2-5,7,10-13H,1H2/t2-,3+,4-,5-,7-/m0/s1. The highest BCUT2D eigenvalue weighted by Gasteiger charge is 2.55. The quantitative estimate of drug-likeness (QED) is 0.363. The fourth-order valence-corrected chi connectivity index (χ4v) is 3.06. The molecule has 0 aliphatic carbocycles. The number of carbonyl (C=O) groups is 2. The third-order valence-electron chi connectivity index (χ3n) is 2.84. The average Bonchev–Trinajstić information content (AvgIpc) is 2.55. The fraction of sp³-hybridized carbons (Fsp3) is 0.750. The molecule has 0 aromatic carbocycles. The first-order chi connectivity index (χ1) is 7.49. The van der Waals surface area contributed by atoms with Gasteiger partial charge in [0.1, 0.15) is 23.7 Å². The second-order valence-electron chi connectivity index (χ2n) is 3.73. The van der Waals surface area contributed by atoms with Crippen molar-refractivity contribution >= 4 is 22.8 Å². The van der Waals surface area contributed by atoms with Crippen LogP contribution in [0.4, 0.5) is 0 Å². The third-order valence-corrected chi connectivity index (χ3v) is 3.98. The summed E-state index contributed by atoms with van der Waals surface area (Å²) in [6.45, 7) is -0.582. The summed E-state index contributed by atoms with van der Waals surface area (Å²) < 4.78 is 0. The van der Waals surface area contributed by atoms with Gasteiger partial charge in [0.2, 0.25) is 0 Å². The Kier molecular flexibility index (Phi) is 2.93. The van der Waals surface area contributed by atoms with Crippen LogP contribution in [0.3, 0.4) is 0 Å². The number of aliphatic hydroxyl groups excluding tert-OH is 4. The van der Waals surface area contributed by atoms with E-state index in [0.29, 0.717) is 11.8 Å². The second-order valence-corrected chi connectivity index (χ2v) is 4.82. The topological polar surface area (TPSA) is 118 Å². The van der Waals surface area contributed by atoms with Crippen LogP contribution in [0.1, 0.15) is 0 Å². The second kappa shape index (κ2) is 3.97. The van der Waals surface area contributed by atoms with Crippen molar-refractivity contribution in [2.75, 3.05) is 6.61 Å². The van der Waals surface area contributed by atoms with Gasteiger partial charge < -0.3 is 25.3 Å². The Morgan fingerprint density at radius 1 is 1.12 bits per heavy atom. The van der Waals surface area contributed by atoms with Crippen LogP contribution in [0, 0.1) is 0 Å². The highest BCUT2D eigenvalue weighted by atomic mass is 32.2. The number of carbonyl (C=O) groups excluding carboxylic acids is 2. The van der Waals surface area contributed by atoms with Crippen LogP contribution in [-0.4, -0.2) is 72.7 Å². The van der Waals surface area contributed by atoms with Crippen molar-refractivity contribution in [2.24, 2.45) is 0 Å². The molecule has 2 aliphatic rings. The molecular weight excluding hydrogens is 238 g/mol. The maximum absolute atomic E-state index is 11.4. The lowest BCUT2D eigenvalue weighted by molar-refractivity contribution is -0.168. The van der Waals surface area contributed by atoms with Gasteiger partial charge in [-0.25, -0.2) is 0 Å². The summed E-state index contributed by atoms with van der Waals surface area (Å²) in [5.74, 6) is -0.862. The van der Waals surface area contributed by atoms with E-state index in [1.165, 1.54) is 0 Å². The molecule has 2 fully saturated rings. The number of aliphatic hydroxyl groups is 4. The van der Waals surface area contributed by atoms with E-state index in [4.69, 9.17) is 5.11 Å². The Morgan fingerprint density at radius 3 is 2.31 bits per heavy atom. The summed E-state index contributed by atoms with van der Waals surface area (Å²) in [6, 6.07) is -1.06. The van der Waals surface area contributed by atoms with Crippen LogP contribution in [0.25, 0.3) is 0 Å². The zero-order valence-electron chi connectivity index (χ0n) is 8.05. The number of amides is 1. The molecule has 5 atom stereocenters. The zero-order chi connectivity index (χ0) is 12.0. The Bertz CT molecular complexity index is 336. The van der Waals surface area contributed by atoms with Crippen LogP contribution in [0.15, 0.2) is 0 Å². The predicted octanol–water partition coefficient (Wildman–Crippen LogP) is -3.13. The minimum Gasteiger partial charge on any atom is -0.394 e. The first kappa shape index (κ1) is 11.8. The number of thioether (sulfide) groups is 1. The highest BCUT2D eigenvalue weighted by molar-refractivity contribution is 8.16. The van der Waals surface area contributed by atoms with Gasteiger partial charge in [-0.2, -0.15) is 0 Å². The summed E-state index contributed by atoms with van der Waals surface area (Å²) in [5.41, 5.74) is 0. The summed E-state index contributed by atoms with van der Waals surface area (Å²) in [4.78, 5) is 23.6. The van der Waals surface area contributed by atoms with Crippen LogP contribution in [-0.2, 0) is 9.59 Å². The van der Waals surface area contributed by atoms with E-state index in [2.05, 4.69) is 0 Å². The SMILES string of the molecule is O=C1S[C@H]2[C@@H](O)[C@@H](O)[C@H](O)[C@H](CO)N2C1=O. The molecule has 7 nitrogen and oxygen atoms in total. The van der Waals surface area contributed by atoms with E-state index >= 15 is 0 Å². The van der Waals surface area contributed by atoms with Crippen molar-refractivity contribution in [3.05, 3.63) is 0 Å². The van der Waals surface area contributed by atoms with E-state index in [9.17, 15) is 24.9 Å². The Hall–Kier alpha value is -0.670. The van der Waals surface area contributed by atoms with E-state index in [-0.39, 0.29) is 0 Å². The molecule has 2 rings (SSSR count). The first-order valence-corrected chi connectivity index (χ1v) is 5.55. The van der Waals surface area contributed by atoms with Gasteiger partial charge >= 0.3 is 5.91 Å². The minimum absolute atomic E-state index is 0.582. The van der Waals surface area contributed by atoms with Gasteiger partial charge in [0.05, 0.1) is 12.6 Å². The molecule has 0 spiro atoms. The molecule has 8 heteroatoms. The van der Waals surface area contributed by atoms with Crippen molar-refractivity contribution in [1.29, 1.82) is 0 Å². The lowest BCUT2D eigenvalue weighted by Gasteiger charge is -2.44. The van der Waals surface area contributed by atoms with Gasteiger partial charge in [0.25, 0.3) is 5.12 Å². The number of fused-ring (bicyclic) bond motifs is 1. The third kappa shape index (κ3) is 1.45. The first-order valence-electron chi connectivity index (χ1n) is 4.67. The highest BCUT2D eigenvalue weighted by Crippen LogP contribution is 2.37. The Balaban J connectivity index is 2.35. The normalized spacial score (nSPS) is 43.8. The molecule has 0 unspecified atom stereocenters. The predicted molar refractivity (Wildman–Crippen MR) is 52.1 cm³/mol. The van der Waals surface area contributed by atoms with Crippen molar-refractivity contribution in [3.8, 4) is 0 Å². The van der Waals surface area contributed by atoms with E-state index in [1.807, 2.05) is 0 Å². The van der Waals surface area contributed by atoms with Gasteiger partial charge in [0.15, 0.2) is 0 Å². The van der Waals surface area contributed by atoms with Crippen molar-refractivity contribution in [3.63, 3.8) is 0 Å². The summed E-state index contributed by atoms with van der Waals surface area (Å²) in [5, 5.41) is 36.0. The largest absolute Gasteiger partial charge is 0.394 e. The molecule has 90 valence electrons.